The highest BCUT2D eigenvalue weighted by molar-refractivity contribution is 14.0. The third kappa shape index (κ3) is 6.80. The van der Waals surface area contributed by atoms with Gasteiger partial charge in [0.05, 0.1) is 0 Å². The van der Waals surface area contributed by atoms with Crippen LogP contribution in [0.4, 0.5) is 0 Å². The van der Waals surface area contributed by atoms with Crippen molar-refractivity contribution in [3.8, 4) is 0 Å². The molecule has 8 heteroatoms. The van der Waals surface area contributed by atoms with Crippen molar-refractivity contribution in [1.82, 2.24) is 15.2 Å². The Morgan fingerprint density at radius 1 is 1.54 bits per heavy atom. The van der Waals surface area contributed by atoms with Gasteiger partial charge >= 0.3 is 0 Å². The lowest BCUT2D eigenvalue weighted by atomic mass is 9.95. The first-order valence-electron chi connectivity index (χ1n) is 7.93. The first-order valence-corrected chi connectivity index (χ1v) is 8.30. The summed E-state index contributed by atoms with van der Waals surface area (Å²) in [6, 6.07) is 3.77. The lowest BCUT2D eigenvalue weighted by Crippen LogP contribution is -2.47. The van der Waals surface area contributed by atoms with E-state index in [9.17, 15) is 4.79 Å². The summed E-state index contributed by atoms with van der Waals surface area (Å²) < 4.78 is 0. The predicted octanol–water partition coefficient (Wildman–Crippen LogP) is 2.06. The molecule has 0 aromatic carbocycles. The van der Waals surface area contributed by atoms with Crippen LogP contribution in [0.5, 0.6) is 0 Å². The fourth-order valence-corrected chi connectivity index (χ4v) is 3.03. The molecule has 0 spiro atoms. The van der Waals surface area contributed by atoms with Crippen molar-refractivity contribution in [3.05, 3.63) is 29.0 Å². The van der Waals surface area contributed by atoms with E-state index >= 15 is 0 Å². The molecule has 0 aliphatic carbocycles. The zero-order valence-electron chi connectivity index (χ0n) is 13.9. The Morgan fingerprint density at radius 3 is 2.96 bits per heavy atom. The quantitative estimate of drug-likeness (QED) is 0.302. The number of piperidine rings is 1. The Kier molecular flexibility index (Phi) is 9.35. The number of guanidine groups is 1. The number of aliphatic imine (C=N–C) groups is 1. The van der Waals surface area contributed by atoms with Crippen molar-refractivity contribution in [2.45, 2.75) is 25.7 Å². The molecule has 0 radical (unpaired) electrons. The molecule has 1 saturated heterocycles. The fourth-order valence-electron chi connectivity index (χ4n) is 2.91. The second kappa shape index (κ2) is 10.7. The summed E-state index contributed by atoms with van der Waals surface area (Å²) in [6.07, 6.45) is 5.19. The molecule has 6 nitrogen and oxygen atoms in total. The first-order chi connectivity index (χ1) is 11.1. The number of nitrogens with one attached hydrogen (secondary N) is 1. The van der Waals surface area contributed by atoms with E-state index in [1.165, 1.54) is 0 Å². The van der Waals surface area contributed by atoms with Gasteiger partial charge in [-0.2, -0.15) is 0 Å². The molecule has 1 aliphatic rings. The van der Waals surface area contributed by atoms with E-state index in [0.29, 0.717) is 17.5 Å². The molecule has 0 bridgehead atoms. The van der Waals surface area contributed by atoms with Gasteiger partial charge in [-0.05, 0) is 36.8 Å². The van der Waals surface area contributed by atoms with Gasteiger partial charge in [0.1, 0.15) is 5.15 Å². The van der Waals surface area contributed by atoms with Crippen molar-refractivity contribution in [3.63, 3.8) is 0 Å². The van der Waals surface area contributed by atoms with Gasteiger partial charge in [0.2, 0.25) is 5.91 Å². The molecule has 134 valence electrons. The van der Waals surface area contributed by atoms with Crippen LogP contribution >= 0.6 is 35.6 Å². The summed E-state index contributed by atoms with van der Waals surface area (Å²) in [5.41, 5.74) is 6.44. The number of hydrogen-bond donors (Lipinski definition) is 2. The molecular formula is C16H25ClIN5O. The number of primary amides is 1. The second-order valence-corrected chi connectivity index (χ2v) is 6.23. The van der Waals surface area contributed by atoms with E-state index in [1.54, 1.807) is 19.3 Å². The molecule has 0 saturated carbocycles. The number of hydrogen-bond acceptors (Lipinski definition) is 3. The SMILES string of the molecule is CN=C(NCCc1ccc(Cl)nc1)N1CCCC(CC(N)=O)C1.I. The molecule has 1 unspecified atom stereocenters. The van der Waals surface area contributed by atoms with E-state index in [2.05, 4.69) is 20.2 Å². The molecule has 1 fully saturated rings. The van der Waals surface area contributed by atoms with Gasteiger partial charge in [0, 0.05) is 39.3 Å². The number of carbonyl (C=O) groups is 1. The number of carbonyl (C=O) groups excluding carboxylic acids is 1. The van der Waals surface area contributed by atoms with E-state index in [1.807, 2.05) is 6.07 Å². The van der Waals surface area contributed by atoms with Crippen LogP contribution in [0.25, 0.3) is 0 Å². The number of nitrogens with two attached hydrogens (primary N) is 1. The average molecular weight is 466 g/mol. The Hall–Kier alpha value is -1.09. The van der Waals surface area contributed by atoms with Crippen molar-refractivity contribution in [1.29, 1.82) is 0 Å². The monoisotopic (exact) mass is 465 g/mol. The van der Waals surface area contributed by atoms with Gasteiger partial charge < -0.3 is 16.0 Å². The number of nitrogens with zero attached hydrogens (tertiary/aromatic N) is 3. The standard InChI is InChI=1S/C16H24ClN5O.HI/c1-19-16(20-7-6-12-4-5-14(17)21-10-12)22-8-2-3-13(11-22)9-15(18)23;/h4-5,10,13H,2-3,6-9,11H2,1H3,(H2,18,23)(H,19,20);1H. The van der Waals surface area contributed by atoms with E-state index in [4.69, 9.17) is 17.3 Å². The van der Waals surface area contributed by atoms with Gasteiger partial charge in [0.15, 0.2) is 5.96 Å². The van der Waals surface area contributed by atoms with E-state index < -0.39 is 0 Å². The number of halogens is 2. The molecule has 1 amide bonds. The normalized spacial score (nSPS) is 18.0. The van der Waals surface area contributed by atoms with Crippen LogP contribution in [0.3, 0.4) is 0 Å². The van der Waals surface area contributed by atoms with Crippen molar-refractivity contribution in [2.24, 2.45) is 16.6 Å². The molecule has 1 atom stereocenters. The average Bonchev–Trinajstić information content (AvgIpc) is 2.53. The van der Waals surface area contributed by atoms with Crippen molar-refractivity contribution in [2.75, 3.05) is 26.7 Å². The highest BCUT2D eigenvalue weighted by atomic mass is 127. The van der Waals surface area contributed by atoms with Crippen LogP contribution in [-0.4, -0.2) is 48.4 Å². The maximum Gasteiger partial charge on any atom is 0.217 e. The molecule has 1 aliphatic heterocycles. The van der Waals surface area contributed by atoms with Gasteiger partial charge in [-0.1, -0.05) is 17.7 Å². The van der Waals surface area contributed by atoms with Crippen LogP contribution in [0.15, 0.2) is 23.3 Å². The number of likely N-dealkylation sites (tertiary alicyclic amines) is 1. The summed E-state index contributed by atoms with van der Waals surface area (Å²) in [7, 11) is 1.78. The minimum Gasteiger partial charge on any atom is -0.370 e. The highest BCUT2D eigenvalue weighted by Gasteiger charge is 2.23. The third-order valence-electron chi connectivity index (χ3n) is 4.01. The molecule has 1 aromatic rings. The smallest absolute Gasteiger partial charge is 0.217 e. The van der Waals surface area contributed by atoms with Crippen LogP contribution in [0.2, 0.25) is 5.15 Å². The van der Waals surface area contributed by atoms with E-state index in [0.717, 1.165) is 50.4 Å². The Bertz CT molecular complexity index is 552. The minimum absolute atomic E-state index is 0. The van der Waals surface area contributed by atoms with Gasteiger partial charge in [0.25, 0.3) is 0 Å². The fraction of sp³-hybridized carbons (Fsp3) is 0.562. The number of amides is 1. The minimum atomic E-state index is -0.227. The maximum absolute atomic E-state index is 11.1. The Morgan fingerprint density at radius 2 is 2.33 bits per heavy atom. The molecule has 1 aromatic heterocycles. The number of aromatic nitrogens is 1. The van der Waals surface area contributed by atoms with Crippen LogP contribution < -0.4 is 11.1 Å². The van der Waals surface area contributed by atoms with Crippen molar-refractivity contribution >= 4 is 47.4 Å². The highest BCUT2D eigenvalue weighted by Crippen LogP contribution is 2.19. The number of pyridine rings is 1. The Balaban J connectivity index is 0.00000288. The summed E-state index contributed by atoms with van der Waals surface area (Å²) >= 11 is 5.78. The molecular weight excluding hydrogens is 441 g/mol. The number of rotatable bonds is 5. The molecule has 2 rings (SSSR count). The van der Waals surface area contributed by atoms with Gasteiger partial charge in [-0.25, -0.2) is 4.98 Å². The lowest BCUT2D eigenvalue weighted by molar-refractivity contribution is -0.119. The van der Waals surface area contributed by atoms with Crippen LogP contribution in [0.1, 0.15) is 24.8 Å². The van der Waals surface area contributed by atoms with Gasteiger partial charge in [-0.15, -0.1) is 24.0 Å². The second-order valence-electron chi connectivity index (χ2n) is 5.84. The molecule has 3 N–H and O–H groups in total. The van der Waals surface area contributed by atoms with Crippen molar-refractivity contribution < 1.29 is 4.79 Å². The summed E-state index contributed by atoms with van der Waals surface area (Å²) in [6.45, 7) is 2.55. The summed E-state index contributed by atoms with van der Waals surface area (Å²) in [5.74, 6) is 0.969. The summed E-state index contributed by atoms with van der Waals surface area (Å²) in [5, 5.41) is 3.88. The van der Waals surface area contributed by atoms with Crippen LogP contribution in [0, 0.1) is 5.92 Å². The largest absolute Gasteiger partial charge is 0.370 e. The third-order valence-corrected chi connectivity index (χ3v) is 4.23. The zero-order valence-corrected chi connectivity index (χ0v) is 17.0. The molecule has 2 heterocycles. The van der Waals surface area contributed by atoms with Gasteiger partial charge in [-0.3, -0.25) is 9.79 Å². The maximum atomic E-state index is 11.1. The van der Waals surface area contributed by atoms with E-state index in [-0.39, 0.29) is 29.9 Å². The molecule has 24 heavy (non-hydrogen) atoms. The zero-order chi connectivity index (χ0) is 16.7. The van der Waals surface area contributed by atoms with Crippen LogP contribution in [-0.2, 0) is 11.2 Å². The predicted molar refractivity (Wildman–Crippen MR) is 108 cm³/mol. The first kappa shape index (κ1) is 21.0. The summed E-state index contributed by atoms with van der Waals surface area (Å²) in [4.78, 5) is 21.7. The Labute approximate surface area is 165 Å². The lowest BCUT2D eigenvalue weighted by Gasteiger charge is -2.34. The topological polar surface area (TPSA) is 83.6 Å².